The number of aryl methyl sites for hydroxylation is 1. The van der Waals surface area contributed by atoms with Crippen molar-refractivity contribution in [3.05, 3.63) is 64.5 Å². The van der Waals surface area contributed by atoms with Crippen molar-refractivity contribution in [2.45, 2.75) is 33.2 Å². The maximum absolute atomic E-state index is 13.0. The number of hydrogen-bond acceptors (Lipinski definition) is 4. The zero-order valence-corrected chi connectivity index (χ0v) is 16.3. The topological polar surface area (TPSA) is 62.4 Å². The molecule has 1 atom stereocenters. The van der Waals surface area contributed by atoms with Gasteiger partial charge in [-0.1, -0.05) is 36.4 Å². The number of benzene rings is 1. The van der Waals surface area contributed by atoms with Crippen molar-refractivity contribution in [3.63, 3.8) is 0 Å². The molecule has 3 rings (SSSR count). The summed E-state index contributed by atoms with van der Waals surface area (Å²) in [6.07, 6.45) is 3.12. The average molecular weight is 366 g/mol. The zero-order valence-electron chi connectivity index (χ0n) is 16.3. The van der Waals surface area contributed by atoms with Crippen molar-refractivity contribution in [2.24, 2.45) is 0 Å². The first-order chi connectivity index (χ1) is 12.9. The molecule has 0 fully saturated rings. The van der Waals surface area contributed by atoms with Gasteiger partial charge in [-0.2, -0.15) is 0 Å². The Morgan fingerprint density at radius 3 is 2.48 bits per heavy atom. The van der Waals surface area contributed by atoms with Crippen LogP contribution in [-0.2, 0) is 4.74 Å². The van der Waals surface area contributed by atoms with E-state index in [0.717, 1.165) is 19.5 Å². The molecule has 0 radical (unpaired) electrons. The molecule has 27 heavy (non-hydrogen) atoms. The number of nitrogens with zero attached hydrogens (tertiary/aromatic N) is 1. The molecule has 1 aliphatic rings. The normalized spacial score (nSPS) is 15.9. The van der Waals surface area contributed by atoms with E-state index >= 15 is 0 Å². The van der Waals surface area contributed by atoms with Crippen LogP contribution in [-0.4, -0.2) is 47.9 Å². The molecule has 2 heterocycles. The highest BCUT2D eigenvalue weighted by Crippen LogP contribution is 2.25. The molecule has 1 aromatic heterocycles. The minimum absolute atomic E-state index is 0.00214. The number of carbonyl (C=O) groups excluding carboxylic acids is 2. The first-order valence-electron chi connectivity index (χ1n) is 9.24. The summed E-state index contributed by atoms with van der Waals surface area (Å²) in [6, 6.07) is 10.1. The SMILES string of the molecule is COC(=O)c1c(C)[nH]c(C(=O)[C@@H](C)N2CC=C(c3ccccc3)CC2)c1C. The van der Waals surface area contributed by atoms with Gasteiger partial charge in [0, 0.05) is 18.8 Å². The lowest BCUT2D eigenvalue weighted by atomic mass is 9.97. The number of methoxy groups -OCH3 is 1. The zero-order chi connectivity index (χ0) is 19.6. The molecule has 0 saturated carbocycles. The first kappa shape index (κ1) is 19.1. The second-order valence-electron chi connectivity index (χ2n) is 7.00. The Morgan fingerprint density at radius 2 is 1.89 bits per heavy atom. The van der Waals surface area contributed by atoms with E-state index in [1.54, 1.807) is 13.8 Å². The maximum Gasteiger partial charge on any atom is 0.339 e. The van der Waals surface area contributed by atoms with Crippen LogP contribution < -0.4 is 0 Å². The van der Waals surface area contributed by atoms with Gasteiger partial charge in [0.05, 0.1) is 24.4 Å². The summed E-state index contributed by atoms with van der Waals surface area (Å²) in [5, 5.41) is 0. The van der Waals surface area contributed by atoms with Crippen molar-refractivity contribution in [1.82, 2.24) is 9.88 Å². The number of ketones is 1. The van der Waals surface area contributed by atoms with Gasteiger partial charge in [-0.05, 0) is 43.9 Å². The van der Waals surface area contributed by atoms with E-state index in [1.165, 1.54) is 18.2 Å². The van der Waals surface area contributed by atoms with E-state index in [4.69, 9.17) is 4.74 Å². The molecular formula is C22H26N2O3. The van der Waals surface area contributed by atoms with E-state index in [9.17, 15) is 9.59 Å². The average Bonchev–Trinajstić information content (AvgIpc) is 3.01. The minimum Gasteiger partial charge on any atom is -0.465 e. The van der Waals surface area contributed by atoms with Crippen molar-refractivity contribution in [1.29, 1.82) is 0 Å². The Morgan fingerprint density at radius 1 is 1.19 bits per heavy atom. The minimum atomic E-state index is -0.415. The number of H-pyrrole nitrogens is 1. The summed E-state index contributed by atoms with van der Waals surface area (Å²) in [7, 11) is 1.35. The second-order valence-corrected chi connectivity index (χ2v) is 7.00. The number of esters is 1. The van der Waals surface area contributed by atoms with Crippen LogP contribution in [0.2, 0.25) is 0 Å². The number of aromatic nitrogens is 1. The molecule has 0 unspecified atom stereocenters. The van der Waals surface area contributed by atoms with Gasteiger partial charge in [-0.3, -0.25) is 9.69 Å². The highest BCUT2D eigenvalue weighted by molar-refractivity contribution is 6.03. The Bertz CT molecular complexity index is 880. The van der Waals surface area contributed by atoms with Crippen LogP contribution in [0.15, 0.2) is 36.4 Å². The standard InChI is InChI=1S/C22H26N2O3/c1-14-19(22(26)27-4)15(2)23-20(14)21(25)16(3)24-12-10-18(11-13-24)17-8-6-5-7-9-17/h5-10,16,23H,11-13H2,1-4H3/t16-/m1/s1. The smallest absolute Gasteiger partial charge is 0.339 e. The molecule has 0 amide bonds. The summed E-state index contributed by atoms with van der Waals surface area (Å²) in [6.45, 7) is 7.07. The molecule has 142 valence electrons. The van der Waals surface area contributed by atoms with Gasteiger partial charge in [-0.25, -0.2) is 4.79 Å². The molecule has 0 bridgehead atoms. The lowest BCUT2D eigenvalue weighted by molar-refractivity contribution is 0.0599. The van der Waals surface area contributed by atoms with E-state index in [-0.39, 0.29) is 11.8 Å². The van der Waals surface area contributed by atoms with Gasteiger partial charge >= 0.3 is 5.97 Å². The fourth-order valence-electron chi connectivity index (χ4n) is 3.73. The summed E-state index contributed by atoms with van der Waals surface area (Å²) < 4.78 is 4.83. The van der Waals surface area contributed by atoms with Gasteiger partial charge in [0.2, 0.25) is 0 Å². The lowest BCUT2D eigenvalue weighted by Gasteiger charge is -2.31. The van der Waals surface area contributed by atoms with E-state index in [0.29, 0.717) is 22.5 Å². The number of hydrogen-bond donors (Lipinski definition) is 1. The van der Waals surface area contributed by atoms with Crippen LogP contribution in [0.1, 0.15) is 51.0 Å². The summed E-state index contributed by atoms with van der Waals surface area (Å²) in [5.41, 5.74) is 4.85. The van der Waals surface area contributed by atoms with Crippen LogP contribution in [0.4, 0.5) is 0 Å². The third-order valence-corrected chi connectivity index (χ3v) is 5.39. The molecule has 0 spiro atoms. The quantitative estimate of drug-likeness (QED) is 0.646. The highest BCUT2D eigenvalue weighted by Gasteiger charge is 2.29. The van der Waals surface area contributed by atoms with Gasteiger partial charge in [0.15, 0.2) is 5.78 Å². The Balaban J connectivity index is 1.76. The Hall–Kier alpha value is -2.66. The van der Waals surface area contributed by atoms with Crippen molar-refractivity contribution in [2.75, 3.05) is 20.2 Å². The predicted octanol–water partition coefficient (Wildman–Crippen LogP) is 3.78. The van der Waals surface area contributed by atoms with Crippen LogP contribution >= 0.6 is 0 Å². The van der Waals surface area contributed by atoms with Gasteiger partial charge < -0.3 is 9.72 Å². The predicted molar refractivity (Wildman–Crippen MR) is 106 cm³/mol. The molecule has 1 aromatic carbocycles. The monoisotopic (exact) mass is 366 g/mol. The van der Waals surface area contributed by atoms with Crippen LogP contribution in [0, 0.1) is 13.8 Å². The number of nitrogens with one attached hydrogen (secondary N) is 1. The maximum atomic E-state index is 13.0. The third-order valence-electron chi connectivity index (χ3n) is 5.39. The summed E-state index contributed by atoms with van der Waals surface area (Å²) >= 11 is 0. The first-order valence-corrected chi connectivity index (χ1v) is 9.24. The van der Waals surface area contributed by atoms with Crippen LogP contribution in [0.5, 0.6) is 0 Å². The Labute approximate surface area is 160 Å². The van der Waals surface area contributed by atoms with Crippen molar-refractivity contribution in [3.8, 4) is 0 Å². The van der Waals surface area contributed by atoms with Crippen LogP contribution in [0.25, 0.3) is 5.57 Å². The van der Waals surface area contributed by atoms with E-state index in [1.807, 2.05) is 25.1 Å². The number of ether oxygens (including phenoxy) is 1. The van der Waals surface area contributed by atoms with Crippen molar-refractivity contribution >= 4 is 17.3 Å². The molecule has 2 aromatic rings. The third kappa shape index (κ3) is 3.74. The van der Waals surface area contributed by atoms with Gasteiger partial charge in [0.25, 0.3) is 0 Å². The largest absolute Gasteiger partial charge is 0.465 e. The van der Waals surface area contributed by atoms with Gasteiger partial charge in [0.1, 0.15) is 0 Å². The fourth-order valence-corrected chi connectivity index (χ4v) is 3.73. The molecule has 5 nitrogen and oxygen atoms in total. The molecule has 0 aliphatic carbocycles. The molecule has 0 saturated heterocycles. The number of carbonyl (C=O) groups is 2. The highest BCUT2D eigenvalue weighted by atomic mass is 16.5. The van der Waals surface area contributed by atoms with Crippen molar-refractivity contribution < 1.29 is 14.3 Å². The molecule has 1 aliphatic heterocycles. The van der Waals surface area contributed by atoms with E-state index < -0.39 is 5.97 Å². The van der Waals surface area contributed by atoms with E-state index in [2.05, 4.69) is 28.1 Å². The fraction of sp³-hybridized carbons (Fsp3) is 0.364. The number of rotatable bonds is 5. The number of Topliss-reactive ketones (excluding diaryl/α,β-unsaturated/α-hetero) is 1. The molecule has 5 heteroatoms. The summed E-state index contributed by atoms with van der Waals surface area (Å²) in [5.74, 6) is -0.413. The molecular weight excluding hydrogens is 340 g/mol. The molecule has 1 N–H and O–H groups in total. The second kappa shape index (κ2) is 7.92. The van der Waals surface area contributed by atoms with Gasteiger partial charge in [-0.15, -0.1) is 0 Å². The summed E-state index contributed by atoms with van der Waals surface area (Å²) in [4.78, 5) is 30.3. The lowest BCUT2D eigenvalue weighted by Crippen LogP contribution is -2.41. The number of aromatic amines is 1. The van der Waals surface area contributed by atoms with Crippen LogP contribution in [0.3, 0.4) is 0 Å². The Kier molecular flexibility index (Phi) is 5.61.